The number of carbonyl (C=O) groups excluding carboxylic acids is 2. The number of amides is 2. The summed E-state index contributed by atoms with van der Waals surface area (Å²) in [5.74, 6) is -2.57. The number of rotatable bonds is 8. The first kappa shape index (κ1) is 23.4. The lowest BCUT2D eigenvalue weighted by atomic mass is 10.2. The number of carboxylic acid groups (broad SMARTS) is 1. The predicted molar refractivity (Wildman–Crippen MR) is 112 cm³/mol. The number of carboxylic acids is 1. The Morgan fingerprint density at radius 1 is 1.09 bits per heavy atom. The standard InChI is InChI=1S/C21H20ClF2N3O5/c22-13-3-7-15(8-4-13)26-14-5-1-12(2-6-14)19(29)25-10-18(28)27-11-16(32-21(23)24)9-17(27)20(30)31/h1-8,16-17,21,26H,9-11H2,(H,25,29)(H,30,31)/t16-,17+/m1/s1. The van der Waals surface area contributed by atoms with Crippen LogP contribution in [0.2, 0.25) is 5.02 Å². The largest absolute Gasteiger partial charge is 0.480 e. The molecule has 8 nitrogen and oxygen atoms in total. The van der Waals surface area contributed by atoms with Gasteiger partial charge in [-0.3, -0.25) is 9.59 Å². The number of nitrogens with one attached hydrogen (secondary N) is 2. The average Bonchev–Trinajstić information content (AvgIpc) is 3.17. The molecule has 0 aliphatic carbocycles. The highest BCUT2D eigenvalue weighted by molar-refractivity contribution is 6.30. The van der Waals surface area contributed by atoms with E-state index in [2.05, 4.69) is 15.4 Å². The van der Waals surface area contributed by atoms with Gasteiger partial charge in [-0.05, 0) is 48.5 Å². The molecule has 0 bridgehead atoms. The molecule has 1 fully saturated rings. The summed E-state index contributed by atoms with van der Waals surface area (Å²) < 4.78 is 29.2. The van der Waals surface area contributed by atoms with Crippen molar-refractivity contribution in [2.45, 2.75) is 25.2 Å². The minimum atomic E-state index is -3.07. The maximum atomic E-state index is 12.4. The first-order chi connectivity index (χ1) is 15.2. The monoisotopic (exact) mass is 467 g/mol. The molecule has 1 aliphatic rings. The Labute approximate surface area is 187 Å². The number of alkyl halides is 2. The summed E-state index contributed by atoms with van der Waals surface area (Å²) in [7, 11) is 0. The van der Waals surface area contributed by atoms with Crippen LogP contribution in [0.5, 0.6) is 0 Å². The molecule has 1 heterocycles. The van der Waals surface area contributed by atoms with Gasteiger partial charge in [0.05, 0.1) is 12.6 Å². The SMILES string of the molecule is O=C(NCC(=O)N1C[C@H](OC(F)F)C[C@H]1C(=O)O)c1ccc(Nc2ccc(Cl)cc2)cc1. The van der Waals surface area contributed by atoms with Gasteiger partial charge in [-0.2, -0.15) is 8.78 Å². The fraction of sp³-hybridized carbons (Fsp3) is 0.286. The lowest BCUT2D eigenvalue weighted by molar-refractivity contribution is -0.160. The van der Waals surface area contributed by atoms with Gasteiger partial charge in [0.15, 0.2) is 0 Å². The van der Waals surface area contributed by atoms with Crippen molar-refractivity contribution in [3.05, 3.63) is 59.1 Å². The summed E-state index contributed by atoms with van der Waals surface area (Å²) in [5, 5.41) is 15.4. The molecule has 0 unspecified atom stereocenters. The van der Waals surface area contributed by atoms with E-state index in [0.29, 0.717) is 5.02 Å². The zero-order chi connectivity index (χ0) is 23.3. The van der Waals surface area contributed by atoms with Gasteiger partial charge in [0, 0.05) is 34.9 Å². The van der Waals surface area contributed by atoms with Crippen LogP contribution in [0.4, 0.5) is 20.2 Å². The van der Waals surface area contributed by atoms with Gasteiger partial charge < -0.3 is 25.4 Å². The number of halogens is 3. The van der Waals surface area contributed by atoms with Crippen LogP contribution in [0, 0.1) is 0 Å². The molecule has 2 atom stereocenters. The van der Waals surface area contributed by atoms with Crippen molar-refractivity contribution >= 4 is 40.8 Å². The van der Waals surface area contributed by atoms with Crippen molar-refractivity contribution in [3.8, 4) is 0 Å². The zero-order valence-corrected chi connectivity index (χ0v) is 17.4. The Morgan fingerprint density at radius 2 is 1.69 bits per heavy atom. The van der Waals surface area contributed by atoms with Crippen molar-refractivity contribution < 1.29 is 33.0 Å². The van der Waals surface area contributed by atoms with Gasteiger partial charge in [-0.25, -0.2) is 4.79 Å². The van der Waals surface area contributed by atoms with Crippen LogP contribution in [0.3, 0.4) is 0 Å². The number of anilines is 2. The summed E-state index contributed by atoms with van der Waals surface area (Å²) in [4.78, 5) is 37.0. The van der Waals surface area contributed by atoms with Gasteiger partial charge >= 0.3 is 12.6 Å². The van der Waals surface area contributed by atoms with Crippen molar-refractivity contribution in [1.29, 1.82) is 0 Å². The Bertz CT molecular complexity index is 972. The van der Waals surface area contributed by atoms with Crippen LogP contribution in [0.1, 0.15) is 16.8 Å². The smallest absolute Gasteiger partial charge is 0.345 e. The van der Waals surface area contributed by atoms with Crippen LogP contribution >= 0.6 is 11.6 Å². The van der Waals surface area contributed by atoms with Crippen molar-refractivity contribution in [3.63, 3.8) is 0 Å². The Balaban J connectivity index is 1.54. The highest BCUT2D eigenvalue weighted by Crippen LogP contribution is 2.23. The molecule has 0 radical (unpaired) electrons. The summed E-state index contributed by atoms with van der Waals surface area (Å²) in [5.41, 5.74) is 1.82. The van der Waals surface area contributed by atoms with Crippen LogP contribution in [-0.4, -0.2) is 59.6 Å². The second-order valence-electron chi connectivity index (χ2n) is 7.05. The first-order valence-electron chi connectivity index (χ1n) is 9.59. The molecular weight excluding hydrogens is 448 g/mol. The number of hydrogen-bond donors (Lipinski definition) is 3. The first-order valence-corrected chi connectivity index (χ1v) is 9.97. The third kappa shape index (κ3) is 6.14. The van der Waals surface area contributed by atoms with E-state index in [9.17, 15) is 28.3 Å². The molecule has 1 aliphatic heterocycles. The molecule has 0 spiro atoms. The third-order valence-electron chi connectivity index (χ3n) is 4.84. The second-order valence-corrected chi connectivity index (χ2v) is 7.48. The van der Waals surface area contributed by atoms with E-state index in [1.54, 1.807) is 48.5 Å². The van der Waals surface area contributed by atoms with Gasteiger partial charge in [0.1, 0.15) is 6.04 Å². The Morgan fingerprint density at radius 3 is 2.25 bits per heavy atom. The summed E-state index contributed by atoms with van der Waals surface area (Å²) >= 11 is 5.85. The summed E-state index contributed by atoms with van der Waals surface area (Å²) in [6.45, 7) is -3.84. The van der Waals surface area contributed by atoms with E-state index < -0.39 is 43.1 Å². The molecule has 2 aromatic rings. The van der Waals surface area contributed by atoms with Gasteiger partial charge in [-0.15, -0.1) is 0 Å². The number of ether oxygens (including phenoxy) is 1. The second kappa shape index (κ2) is 10.4. The predicted octanol–water partition coefficient (Wildman–Crippen LogP) is 3.11. The summed E-state index contributed by atoms with van der Waals surface area (Å²) in [6, 6.07) is 12.3. The van der Waals surface area contributed by atoms with Gasteiger partial charge in [0.25, 0.3) is 5.91 Å². The zero-order valence-electron chi connectivity index (χ0n) is 16.6. The molecule has 1 saturated heterocycles. The number of hydrogen-bond acceptors (Lipinski definition) is 5. The molecule has 3 rings (SSSR count). The molecule has 2 aromatic carbocycles. The topological polar surface area (TPSA) is 108 Å². The van der Waals surface area contributed by atoms with E-state index in [1.807, 2.05) is 0 Å². The molecule has 0 aromatic heterocycles. The Hall–Kier alpha value is -3.24. The van der Waals surface area contributed by atoms with E-state index in [-0.39, 0.29) is 18.5 Å². The lowest BCUT2D eigenvalue weighted by Crippen LogP contribution is -2.45. The van der Waals surface area contributed by atoms with E-state index in [0.717, 1.165) is 16.3 Å². The highest BCUT2D eigenvalue weighted by atomic mass is 35.5. The number of nitrogens with zero attached hydrogens (tertiary/aromatic N) is 1. The van der Waals surface area contributed by atoms with Crippen LogP contribution in [0.25, 0.3) is 0 Å². The average molecular weight is 468 g/mol. The maximum absolute atomic E-state index is 12.4. The fourth-order valence-corrected chi connectivity index (χ4v) is 3.44. The van der Waals surface area contributed by atoms with E-state index >= 15 is 0 Å². The number of aliphatic carboxylic acids is 1. The third-order valence-corrected chi connectivity index (χ3v) is 5.10. The molecule has 3 N–H and O–H groups in total. The van der Waals surface area contributed by atoms with Gasteiger partial charge in [0.2, 0.25) is 5.91 Å². The highest BCUT2D eigenvalue weighted by Gasteiger charge is 2.41. The molecule has 32 heavy (non-hydrogen) atoms. The number of benzene rings is 2. The molecule has 170 valence electrons. The lowest BCUT2D eigenvalue weighted by Gasteiger charge is -2.21. The fourth-order valence-electron chi connectivity index (χ4n) is 3.32. The number of carbonyl (C=O) groups is 3. The van der Waals surface area contributed by atoms with Crippen molar-refractivity contribution in [2.75, 3.05) is 18.4 Å². The van der Waals surface area contributed by atoms with Crippen LogP contribution < -0.4 is 10.6 Å². The normalized spacial score (nSPS) is 17.9. The van der Waals surface area contributed by atoms with Crippen LogP contribution in [0.15, 0.2) is 48.5 Å². The molecule has 0 saturated carbocycles. The van der Waals surface area contributed by atoms with Crippen LogP contribution in [-0.2, 0) is 14.3 Å². The van der Waals surface area contributed by atoms with E-state index in [4.69, 9.17) is 11.6 Å². The number of likely N-dealkylation sites (tertiary alicyclic amines) is 1. The van der Waals surface area contributed by atoms with Gasteiger partial charge in [-0.1, -0.05) is 11.6 Å². The molecular formula is C21H20ClF2N3O5. The minimum Gasteiger partial charge on any atom is -0.480 e. The Kier molecular flexibility index (Phi) is 7.60. The van der Waals surface area contributed by atoms with E-state index in [1.165, 1.54) is 0 Å². The quantitative estimate of drug-likeness (QED) is 0.550. The minimum absolute atomic E-state index is 0.249. The van der Waals surface area contributed by atoms with Crippen molar-refractivity contribution in [2.24, 2.45) is 0 Å². The molecule has 11 heteroatoms. The molecule has 2 amide bonds. The van der Waals surface area contributed by atoms with Crippen molar-refractivity contribution in [1.82, 2.24) is 10.2 Å². The maximum Gasteiger partial charge on any atom is 0.345 e. The summed E-state index contributed by atoms with van der Waals surface area (Å²) in [6.07, 6.45) is -1.34.